The summed E-state index contributed by atoms with van der Waals surface area (Å²) >= 11 is 3.11. The fourth-order valence-corrected chi connectivity index (χ4v) is 2.71. The smallest absolute Gasteiger partial charge is 0.339 e. The van der Waals surface area contributed by atoms with Gasteiger partial charge in [-0.3, -0.25) is 14.4 Å². The molecular weight excluding hydrogens is 380 g/mol. The summed E-state index contributed by atoms with van der Waals surface area (Å²) in [6, 6.07) is 0. The number of ether oxygens (including phenoxy) is 5. The molecule has 1 aliphatic heterocycles. The largest absolute Gasteiger partial charge is 0.467 e. The molecule has 0 N–H and O–H groups in total. The van der Waals surface area contributed by atoms with Gasteiger partial charge < -0.3 is 23.7 Å². The maximum atomic E-state index is 11.9. The highest BCUT2D eigenvalue weighted by Gasteiger charge is 2.53. The Hall–Kier alpha value is -1.68. The topological polar surface area (TPSA) is 114 Å². The number of carbonyl (C=O) groups is 4. The molecule has 5 atom stereocenters. The zero-order chi connectivity index (χ0) is 17.7. The Morgan fingerprint density at radius 1 is 0.826 bits per heavy atom. The van der Waals surface area contributed by atoms with E-state index in [9.17, 15) is 19.2 Å². The minimum absolute atomic E-state index is 0.668. The van der Waals surface area contributed by atoms with Crippen molar-refractivity contribution in [2.45, 2.75) is 50.2 Å². The van der Waals surface area contributed by atoms with Gasteiger partial charge in [-0.15, -0.1) is 0 Å². The van der Waals surface area contributed by atoms with Gasteiger partial charge in [-0.25, -0.2) is 4.79 Å². The zero-order valence-electron chi connectivity index (χ0n) is 12.9. The molecule has 0 aromatic rings. The summed E-state index contributed by atoms with van der Waals surface area (Å²) < 4.78 is 25.2. The van der Waals surface area contributed by atoms with Crippen LogP contribution in [0.15, 0.2) is 0 Å². The minimum atomic E-state index is -1.36. The SMILES string of the molecule is COC(=O)C1O[C@H](Br)[C@H](OC(C)=O)C(OC(C)=O)C1OC(C)=O. The lowest BCUT2D eigenvalue weighted by Gasteiger charge is -2.41. The minimum Gasteiger partial charge on any atom is -0.467 e. The second-order valence-electron chi connectivity index (χ2n) is 4.65. The lowest BCUT2D eigenvalue weighted by Crippen LogP contribution is -2.61. The van der Waals surface area contributed by atoms with Crippen LogP contribution in [0.3, 0.4) is 0 Å². The number of hydrogen-bond donors (Lipinski definition) is 0. The van der Waals surface area contributed by atoms with Crippen LogP contribution in [0.2, 0.25) is 0 Å². The molecule has 1 rings (SSSR count). The molecule has 0 aliphatic carbocycles. The average Bonchev–Trinajstić information content (AvgIpc) is 2.43. The van der Waals surface area contributed by atoms with E-state index in [0.29, 0.717) is 0 Å². The van der Waals surface area contributed by atoms with Gasteiger partial charge in [0.25, 0.3) is 0 Å². The van der Waals surface area contributed by atoms with Crippen molar-refractivity contribution in [2.75, 3.05) is 7.11 Å². The monoisotopic (exact) mass is 396 g/mol. The fourth-order valence-electron chi connectivity index (χ4n) is 2.07. The Morgan fingerprint density at radius 2 is 1.26 bits per heavy atom. The highest BCUT2D eigenvalue weighted by atomic mass is 79.9. The van der Waals surface area contributed by atoms with Gasteiger partial charge >= 0.3 is 23.9 Å². The third kappa shape index (κ3) is 5.17. The number of hydrogen-bond acceptors (Lipinski definition) is 9. The van der Waals surface area contributed by atoms with Crippen molar-refractivity contribution in [3.8, 4) is 0 Å². The molecule has 0 amide bonds. The zero-order valence-corrected chi connectivity index (χ0v) is 14.5. The van der Waals surface area contributed by atoms with Gasteiger partial charge in [-0.2, -0.15) is 0 Å². The first-order chi connectivity index (χ1) is 10.7. The van der Waals surface area contributed by atoms with E-state index in [4.69, 9.17) is 18.9 Å². The molecule has 1 saturated heterocycles. The van der Waals surface area contributed by atoms with Gasteiger partial charge in [0, 0.05) is 20.8 Å². The highest BCUT2D eigenvalue weighted by molar-refractivity contribution is 9.09. The lowest BCUT2D eigenvalue weighted by molar-refractivity contribution is -0.234. The van der Waals surface area contributed by atoms with E-state index in [-0.39, 0.29) is 0 Å². The van der Waals surface area contributed by atoms with E-state index in [0.717, 1.165) is 27.9 Å². The second kappa shape index (κ2) is 8.25. The number of halogens is 1. The third-order valence-corrected chi connectivity index (χ3v) is 3.56. The molecule has 1 fully saturated rings. The van der Waals surface area contributed by atoms with Crippen LogP contribution in [0.5, 0.6) is 0 Å². The van der Waals surface area contributed by atoms with Crippen LogP contribution >= 0.6 is 15.9 Å². The Bertz CT molecular complexity index is 492. The average molecular weight is 397 g/mol. The second-order valence-corrected chi connectivity index (χ2v) is 5.56. The summed E-state index contributed by atoms with van der Waals surface area (Å²) in [4.78, 5) is 45.8. The molecule has 10 heteroatoms. The van der Waals surface area contributed by atoms with Crippen LogP contribution in [-0.4, -0.2) is 60.4 Å². The number of carbonyl (C=O) groups excluding carboxylic acids is 4. The molecule has 0 aromatic heterocycles. The molecule has 0 aromatic carbocycles. The highest BCUT2D eigenvalue weighted by Crippen LogP contribution is 2.31. The summed E-state index contributed by atoms with van der Waals surface area (Å²) in [5.74, 6) is -2.95. The van der Waals surface area contributed by atoms with Crippen molar-refractivity contribution >= 4 is 39.8 Å². The van der Waals surface area contributed by atoms with Crippen molar-refractivity contribution in [1.82, 2.24) is 0 Å². The molecule has 0 bridgehead atoms. The summed E-state index contributed by atoms with van der Waals surface area (Å²) in [6.07, 6.45) is -5.06. The standard InChI is InChI=1S/C13H17BrO9/c1-5(15)20-8-9(21-6(2)16)11(13(18)19-4)23-12(14)10(8)22-7(3)17/h8-12H,1-4H3/t8?,9?,10-,11?,12+/m1/s1. The van der Waals surface area contributed by atoms with Crippen LogP contribution < -0.4 is 0 Å². The number of esters is 4. The number of rotatable bonds is 4. The molecule has 0 saturated carbocycles. The van der Waals surface area contributed by atoms with Crippen molar-refractivity contribution in [1.29, 1.82) is 0 Å². The first-order valence-corrected chi connectivity index (χ1v) is 7.48. The van der Waals surface area contributed by atoms with Gasteiger partial charge in [-0.1, -0.05) is 15.9 Å². The number of alkyl halides is 1. The van der Waals surface area contributed by atoms with E-state index >= 15 is 0 Å². The van der Waals surface area contributed by atoms with E-state index in [1.807, 2.05) is 0 Å². The van der Waals surface area contributed by atoms with Crippen molar-refractivity contribution in [3.05, 3.63) is 0 Å². The Labute approximate surface area is 140 Å². The lowest BCUT2D eigenvalue weighted by atomic mass is 9.99. The quantitative estimate of drug-likeness (QED) is 0.369. The predicted octanol–water partition coefficient (Wildman–Crippen LogP) is 0.0743. The Balaban J connectivity index is 3.21. The molecule has 1 aliphatic rings. The first kappa shape index (κ1) is 19.4. The molecule has 3 unspecified atom stereocenters. The van der Waals surface area contributed by atoms with E-state index < -0.39 is 53.3 Å². The molecule has 9 nitrogen and oxygen atoms in total. The Morgan fingerprint density at radius 3 is 1.70 bits per heavy atom. The van der Waals surface area contributed by atoms with Gasteiger partial charge in [0.05, 0.1) is 7.11 Å². The summed E-state index contributed by atoms with van der Waals surface area (Å²) in [7, 11) is 1.12. The maximum Gasteiger partial charge on any atom is 0.339 e. The van der Waals surface area contributed by atoms with Gasteiger partial charge in [0.1, 0.15) is 0 Å². The summed E-state index contributed by atoms with van der Waals surface area (Å²) in [5.41, 5.74) is 0. The first-order valence-electron chi connectivity index (χ1n) is 6.56. The van der Waals surface area contributed by atoms with Crippen LogP contribution in [0.1, 0.15) is 20.8 Å². The van der Waals surface area contributed by atoms with Crippen molar-refractivity contribution in [3.63, 3.8) is 0 Å². The summed E-state index contributed by atoms with van der Waals surface area (Å²) in [6.45, 7) is 3.39. The van der Waals surface area contributed by atoms with Crippen LogP contribution in [0, 0.1) is 0 Å². The molecule has 1 heterocycles. The van der Waals surface area contributed by atoms with Crippen LogP contribution in [0.4, 0.5) is 0 Å². The van der Waals surface area contributed by atoms with Crippen molar-refractivity contribution < 1.29 is 42.9 Å². The summed E-state index contributed by atoms with van der Waals surface area (Å²) in [5, 5.41) is -0.980. The van der Waals surface area contributed by atoms with E-state index in [1.165, 1.54) is 0 Å². The van der Waals surface area contributed by atoms with Gasteiger partial charge in [0.2, 0.25) is 0 Å². The molecule has 0 radical (unpaired) electrons. The van der Waals surface area contributed by atoms with Crippen molar-refractivity contribution in [2.24, 2.45) is 0 Å². The van der Waals surface area contributed by atoms with Crippen LogP contribution in [0.25, 0.3) is 0 Å². The Kier molecular flexibility index (Phi) is 6.95. The third-order valence-electron chi connectivity index (χ3n) is 2.82. The van der Waals surface area contributed by atoms with E-state index in [2.05, 4.69) is 20.7 Å². The number of methoxy groups -OCH3 is 1. The van der Waals surface area contributed by atoms with E-state index in [1.54, 1.807) is 0 Å². The normalized spacial score (nSPS) is 30.0. The maximum absolute atomic E-state index is 11.9. The molecular formula is C13H17BrO9. The van der Waals surface area contributed by atoms with Crippen LogP contribution in [-0.2, 0) is 42.9 Å². The molecule has 0 spiro atoms. The predicted molar refractivity (Wildman–Crippen MR) is 76.3 cm³/mol. The fraction of sp³-hybridized carbons (Fsp3) is 0.692. The van der Waals surface area contributed by atoms with Gasteiger partial charge in [-0.05, 0) is 0 Å². The molecule has 23 heavy (non-hydrogen) atoms. The van der Waals surface area contributed by atoms with Gasteiger partial charge in [0.15, 0.2) is 29.4 Å². The molecule has 130 valence electrons.